The van der Waals surface area contributed by atoms with E-state index in [1.165, 1.54) is 4.68 Å². The molecule has 0 aliphatic carbocycles. The van der Waals surface area contributed by atoms with E-state index in [1.54, 1.807) is 30.6 Å². The molecule has 124 valence electrons. The molecule has 2 rings (SSSR count). The zero-order valence-corrected chi connectivity index (χ0v) is 13.8. The fourth-order valence-electron chi connectivity index (χ4n) is 1.93. The topological polar surface area (TPSA) is 92.1 Å². The lowest BCUT2D eigenvalue weighted by Crippen LogP contribution is -2.37. The standard InChI is InChI=1S/C15H20ClN5O2/c1-15(2,6-9-22)10-18-14(23)19-12-5-8-21(20-12)13-11(16)4-3-7-17-13/h3-5,7-8,22H,6,9-10H2,1-2H3,(H2,18,19,20,23). The molecule has 2 aromatic heterocycles. The van der Waals surface area contributed by atoms with Crippen molar-refractivity contribution in [1.29, 1.82) is 0 Å². The molecule has 2 heterocycles. The van der Waals surface area contributed by atoms with E-state index in [0.29, 0.717) is 29.6 Å². The highest BCUT2D eigenvalue weighted by Gasteiger charge is 2.18. The molecule has 2 amide bonds. The van der Waals surface area contributed by atoms with Crippen LogP contribution in [0.5, 0.6) is 0 Å². The number of nitrogens with one attached hydrogen (secondary N) is 2. The van der Waals surface area contributed by atoms with Crippen LogP contribution in [-0.2, 0) is 0 Å². The van der Waals surface area contributed by atoms with E-state index in [1.807, 2.05) is 13.8 Å². The number of pyridine rings is 1. The highest BCUT2D eigenvalue weighted by Crippen LogP contribution is 2.19. The smallest absolute Gasteiger partial charge is 0.320 e. The summed E-state index contributed by atoms with van der Waals surface area (Å²) in [7, 11) is 0. The van der Waals surface area contributed by atoms with Crippen molar-refractivity contribution in [1.82, 2.24) is 20.1 Å². The van der Waals surface area contributed by atoms with Gasteiger partial charge in [-0.25, -0.2) is 14.5 Å². The van der Waals surface area contributed by atoms with Crippen LogP contribution in [0.2, 0.25) is 5.02 Å². The lowest BCUT2D eigenvalue weighted by Gasteiger charge is -2.23. The molecule has 0 saturated carbocycles. The van der Waals surface area contributed by atoms with Crippen molar-refractivity contribution in [2.75, 3.05) is 18.5 Å². The largest absolute Gasteiger partial charge is 0.396 e. The number of amides is 2. The van der Waals surface area contributed by atoms with Crippen molar-refractivity contribution in [2.45, 2.75) is 20.3 Å². The Labute approximate surface area is 139 Å². The number of carbonyl (C=O) groups is 1. The van der Waals surface area contributed by atoms with Crippen molar-refractivity contribution < 1.29 is 9.90 Å². The molecule has 0 radical (unpaired) electrons. The minimum Gasteiger partial charge on any atom is -0.396 e. The van der Waals surface area contributed by atoms with Gasteiger partial charge in [0.25, 0.3) is 0 Å². The summed E-state index contributed by atoms with van der Waals surface area (Å²) >= 11 is 6.06. The maximum Gasteiger partial charge on any atom is 0.320 e. The summed E-state index contributed by atoms with van der Waals surface area (Å²) in [6.45, 7) is 4.49. The van der Waals surface area contributed by atoms with Crippen LogP contribution >= 0.6 is 11.6 Å². The highest BCUT2D eigenvalue weighted by molar-refractivity contribution is 6.32. The number of anilines is 1. The molecular formula is C15H20ClN5O2. The number of hydrogen-bond donors (Lipinski definition) is 3. The fourth-order valence-corrected chi connectivity index (χ4v) is 2.13. The second-order valence-corrected chi connectivity index (χ2v) is 6.31. The zero-order valence-electron chi connectivity index (χ0n) is 13.1. The van der Waals surface area contributed by atoms with Crippen molar-refractivity contribution in [3.8, 4) is 5.82 Å². The van der Waals surface area contributed by atoms with E-state index in [2.05, 4.69) is 20.7 Å². The average Bonchev–Trinajstić information content (AvgIpc) is 2.94. The number of nitrogens with zero attached hydrogens (tertiary/aromatic N) is 3. The number of aromatic nitrogens is 3. The first-order valence-electron chi connectivity index (χ1n) is 7.23. The van der Waals surface area contributed by atoms with Gasteiger partial charge >= 0.3 is 6.03 Å². The van der Waals surface area contributed by atoms with Gasteiger partial charge in [-0.2, -0.15) is 0 Å². The zero-order chi connectivity index (χ0) is 16.9. The molecule has 8 heteroatoms. The minimum atomic E-state index is -0.353. The van der Waals surface area contributed by atoms with Crippen molar-refractivity contribution in [2.24, 2.45) is 5.41 Å². The van der Waals surface area contributed by atoms with Gasteiger partial charge in [-0.15, -0.1) is 5.10 Å². The monoisotopic (exact) mass is 337 g/mol. The molecule has 2 aromatic rings. The molecule has 0 aliphatic heterocycles. The second-order valence-electron chi connectivity index (χ2n) is 5.90. The Morgan fingerprint density at radius 3 is 2.91 bits per heavy atom. The Morgan fingerprint density at radius 1 is 1.43 bits per heavy atom. The number of halogens is 1. The first kappa shape index (κ1) is 17.2. The summed E-state index contributed by atoms with van der Waals surface area (Å²) in [5.41, 5.74) is -0.174. The van der Waals surface area contributed by atoms with Gasteiger partial charge in [0.1, 0.15) is 0 Å². The van der Waals surface area contributed by atoms with Crippen LogP contribution in [0.4, 0.5) is 10.6 Å². The summed E-state index contributed by atoms with van der Waals surface area (Å²) in [5, 5.41) is 19.1. The molecule has 0 saturated heterocycles. The van der Waals surface area contributed by atoms with Crippen molar-refractivity contribution in [3.05, 3.63) is 35.6 Å². The SMILES string of the molecule is CC(C)(CCO)CNC(=O)Nc1ccn(-c2ncccc2Cl)n1. The average molecular weight is 338 g/mol. The first-order chi connectivity index (χ1) is 10.9. The highest BCUT2D eigenvalue weighted by atomic mass is 35.5. The Morgan fingerprint density at radius 2 is 2.22 bits per heavy atom. The molecule has 7 nitrogen and oxygen atoms in total. The van der Waals surface area contributed by atoms with Crippen molar-refractivity contribution in [3.63, 3.8) is 0 Å². The minimum absolute atomic E-state index is 0.0888. The van der Waals surface area contributed by atoms with Gasteiger partial charge in [0.2, 0.25) is 0 Å². The van der Waals surface area contributed by atoms with Crippen LogP contribution in [-0.4, -0.2) is 39.1 Å². The van der Waals surface area contributed by atoms with Crippen LogP contribution < -0.4 is 10.6 Å². The van der Waals surface area contributed by atoms with Gasteiger partial charge in [-0.3, -0.25) is 5.32 Å². The van der Waals surface area contributed by atoms with Crippen molar-refractivity contribution >= 4 is 23.4 Å². The molecular weight excluding hydrogens is 318 g/mol. The summed E-state index contributed by atoms with van der Waals surface area (Å²) < 4.78 is 1.49. The maximum absolute atomic E-state index is 11.9. The molecule has 0 aromatic carbocycles. The van der Waals surface area contributed by atoms with Gasteiger partial charge in [0.15, 0.2) is 11.6 Å². The molecule has 0 spiro atoms. The first-order valence-corrected chi connectivity index (χ1v) is 7.61. The van der Waals surface area contributed by atoms with E-state index < -0.39 is 0 Å². The molecule has 0 atom stereocenters. The lowest BCUT2D eigenvalue weighted by atomic mass is 9.90. The summed E-state index contributed by atoms with van der Waals surface area (Å²) in [6.07, 6.45) is 3.89. The third kappa shape index (κ3) is 4.94. The Kier molecular flexibility index (Phi) is 5.57. The second kappa shape index (κ2) is 7.43. The molecule has 0 fully saturated rings. The predicted molar refractivity (Wildman–Crippen MR) is 88.9 cm³/mol. The van der Waals surface area contributed by atoms with Gasteiger partial charge in [0, 0.05) is 31.6 Å². The Bertz CT molecular complexity index is 671. The molecule has 0 unspecified atom stereocenters. The summed E-state index contributed by atoms with van der Waals surface area (Å²) in [4.78, 5) is 16.0. The van der Waals surface area contributed by atoms with Crippen LogP contribution in [0, 0.1) is 5.41 Å². The fraction of sp³-hybridized carbons (Fsp3) is 0.400. The summed E-state index contributed by atoms with van der Waals surface area (Å²) in [5.74, 6) is 0.885. The number of urea groups is 1. The number of hydrogen-bond acceptors (Lipinski definition) is 4. The van der Waals surface area contributed by atoms with E-state index in [4.69, 9.17) is 16.7 Å². The number of rotatable bonds is 6. The quantitative estimate of drug-likeness (QED) is 0.755. The third-order valence-electron chi connectivity index (χ3n) is 3.30. The molecule has 0 aliphatic rings. The van der Waals surface area contributed by atoms with Gasteiger partial charge in [-0.05, 0) is 24.0 Å². The van der Waals surface area contributed by atoms with Gasteiger partial charge in [0.05, 0.1) is 5.02 Å². The lowest BCUT2D eigenvalue weighted by molar-refractivity contribution is 0.204. The predicted octanol–water partition coefficient (Wildman–Crippen LogP) is 2.45. The summed E-state index contributed by atoms with van der Waals surface area (Å²) in [6, 6.07) is 4.75. The van der Waals surface area contributed by atoms with Crippen LogP contribution in [0.3, 0.4) is 0 Å². The molecule has 3 N–H and O–H groups in total. The molecule has 0 bridgehead atoms. The van der Waals surface area contributed by atoms with E-state index in [0.717, 1.165) is 0 Å². The van der Waals surface area contributed by atoms with Gasteiger partial charge in [-0.1, -0.05) is 25.4 Å². The Hall–Kier alpha value is -2.12. The third-order valence-corrected chi connectivity index (χ3v) is 3.60. The number of carbonyl (C=O) groups excluding carboxylic acids is 1. The normalized spacial score (nSPS) is 11.3. The molecule has 23 heavy (non-hydrogen) atoms. The van der Waals surface area contributed by atoms with E-state index >= 15 is 0 Å². The van der Waals surface area contributed by atoms with E-state index in [9.17, 15) is 4.79 Å². The van der Waals surface area contributed by atoms with Crippen LogP contribution in [0.1, 0.15) is 20.3 Å². The Balaban J connectivity index is 1.94. The maximum atomic E-state index is 11.9. The van der Waals surface area contributed by atoms with E-state index in [-0.39, 0.29) is 18.1 Å². The van der Waals surface area contributed by atoms with Gasteiger partial charge < -0.3 is 10.4 Å². The van der Waals surface area contributed by atoms with Crippen LogP contribution in [0.25, 0.3) is 5.82 Å². The number of aliphatic hydroxyl groups is 1. The van der Waals surface area contributed by atoms with Crippen LogP contribution in [0.15, 0.2) is 30.6 Å². The number of aliphatic hydroxyl groups excluding tert-OH is 1.